The summed E-state index contributed by atoms with van der Waals surface area (Å²) in [5.74, 6) is -1.87. The van der Waals surface area contributed by atoms with E-state index in [4.69, 9.17) is 49.8 Å². The van der Waals surface area contributed by atoms with Crippen molar-refractivity contribution in [3.05, 3.63) is 0 Å². The highest BCUT2D eigenvalue weighted by Crippen LogP contribution is 2.46. The summed E-state index contributed by atoms with van der Waals surface area (Å²) >= 11 is 0. The molecule has 12 nitrogen and oxygen atoms in total. The lowest BCUT2D eigenvalue weighted by Gasteiger charge is -2.53. The molecule has 41 heavy (non-hydrogen) atoms. The fourth-order valence-electron chi connectivity index (χ4n) is 7.24. The van der Waals surface area contributed by atoms with Crippen LogP contribution in [0.4, 0.5) is 13.2 Å². The van der Waals surface area contributed by atoms with Crippen molar-refractivity contribution in [2.75, 3.05) is 6.61 Å². The molecule has 10 atom stereocenters. The van der Waals surface area contributed by atoms with Crippen LogP contribution in [-0.2, 0) is 42.7 Å². The standard InChI is InChI=1S/C25H40F3N3O9S/c26-25(27,28)41(32,33)40-20-16(31)22(35-15-12-34-23(38-19(15)20)7-3-1-4-8-23)36-17-13(29)11-14(30)18-21(17)39-24(37-18)9-5-2-6-10-24/h13-22H,1-12,29-31H2. The summed E-state index contributed by atoms with van der Waals surface area (Å²) in [4.78, 5) is 0. The Balaban J connectivity index is 1.25. The second kappa shape index (κ2) is 11.1. The summed E-state index contributed by atoms with van der Waals surface area (Å²) in [5, 5.41) is 0. The van der Waals surface area contributed by atoms with Gasteiger partial charge in [-0.05, 0) is 32.1 Å². The van der Waals surface area contributed by atoms with Gasteiger partial charge in [-0.3, -0.25) is 4.18 Å². The number of ether oxygens (including phenoxy) is 6. The van der Waals surface area contributed by atoms with E-state index in [2.05, 4.69) is 0 Å². The monoisotopic (exact) mass is 615 g/mol. The molecule has 10 unspecified atom stereocenters. The first kappa shape index (κ1) is 30.4. The zero-order valence-corrected chi connectivity index (χ0v) is 23.5. The number of hydrogen-bond donors (Lipinski definition) is 3. The molecule has 0 aromatic heterocycles. The number of fused-ring (bicyclic) bond motifs is 2. The minimum atomic E-state index is -6.03. The molecular formula is C25H40F3N3O9S. The molecule has 0 bridgehead atoms. The lowest BCUT2D eigenvalue weighted by Crippen LogP contribution is -2.70. The average molecular weight is 616 g/mol. The minimum absolute atomic E-state index is 0.0699. The Morgan fingerprint density at radius 1 is 0.756 bits per heavy atom. The van der Waals surface area contributed by atoms with Crippen LogP contribution in [0.3, 0.4) is 0 Å². The highest BCUT2D eigenvalue weighted by atomic mass is 32.2. The van der Waals surface area contributed by atoms with Gasteiger partial charge in [-0.1, -0.05) is 12.8 Å². The molecular weight excluding hydrogens is 575 g/mol. The minimum Gasteiger partial charge on any atom is -0.347 e. The van der Waals surface area contributed by atoms with Crippen molar-refractivity contribution in [3.8, 4) is 0 Å². The molecule has 6 N–H and O–H groups in total. The van der Waals surface area contributed by atoms with Gasteiger partial charge in [0.05, 0.1) is 12.6 Å². The lowest BCUT2D eigenvalue weighted by molar-refractivity contribution is -0.386. The van der Waals surface area contributed by atoms with Crippen LogP contribution in [0.1, 0.15) is 70.6 Å². The first-order valence-electron chi connectivity index (χ1n) is 14.6. The van der Waals surface area contributed by atoms with E-state index in [-0.39, 0.29) is 6.61 Å². The van der Waals surface area contributed by atoms with E-state index in [1.807, 2.05) is 0 Å². The predicted octanol–water partition coefficient (Wildman–Crippen LogP) is 1.24. The van der Waals surface area contributed by atoms with Gasteiger partial charge in [0, 0.05) is 37.8 Å². The number of alkyl halides is 3. The predicted molar refractivity (Wildman–Crippen MR) is 134 cm³/mol. The molecule has 3 aliphatic heterocycles. The van der Waals surface area contributed by atoms with E-state index in [1.165, 1.54) is 0 Å². The zero-order chi connectivity index (χ0) is 29.2. The van der Waals surface area contributed by atoms with Gasteiger partial charge in [-0.15, -0.1) is 0 Å². The first-order valence-corrected chi connectivity index (χ1v) is 16.0. The molecule has 3 aliphatic carbocycles. The van der Waals surface area contributed by atoms with Crippen LogP contribution in [0.5, 0.6) is 0 Å². The molecule has 236 valence electrons. The molecule has 3 heterocycles. The third kappa shape index (κ3) is 5.67. The molecule has 6 rings (SSSR count). The molecule has 6 aliphatic rings. The van der Waals surface area contributed by atoms with Crippen molar-refractivity contribution < 1.29 is 54.2 Å². The Morgan fingerprint density at radius 3 is 1.98 bits per heavy atom. The summed E-state index contributed by atoms with van der Waals surface area (Å²) in [5.41, 5.74) is 13.6. The van der Waals surface area contributed by atoms with Crippen LogP contribution >= 0.6 is 0 Å². The highest BCUT2D eigenvalue weighted by molar-refractivity contribution is 7.87. The van der Waals surface area contributed by atoms with Crippen LogP contribution in [0, 0.1) is 0 Å². The topological polar surface area (TPSA) is 177 Å². The summed E-state index contributed by atoms with van der Waals surface area (Å²) in [7, 11) is -6.03. The average Bonchev–Trinajstić information content (AvgIpc) is 3.28. The van der Waals surface area contributed by atoms with Gasteiger partial charge in [0.2, 0.25) is 0 Å². The molecule has 0 aromatic rings. The third-order valence-electron chi connectivity index (χ3n) is 9.34. The van der Waals surface area contributed by atoms with Crippen molar-refractivity contribution in [1.29, 1.82) is 0 Å². The Labute approximate surface area is 237 Å². The van der Waals surface area contributed by atoms with E-state index in [9.17, 15) is 21.6 Å². The van der Waals surface area contributed by atoms with Gasteiger partial charge in [0.15, 0.2) is 17.9 Å². The van der Waals surface area contributed by atoms with Gasteiger partial charge in [0.1, 0.15) is 36.6 Å². The first-order chi connectivity index (χ1) is 19.3. The van der Waals surface area contributed by atoms with Crippen molar-refractivity contribution >= 4 is 10.1 Å². The van der Waals surface area contributed by atoms with Gasteiger partial charge in [-0.25, -0.2) is 0 Å². The number of halogens is 3. The highest BCUT2D eigenvalue weighted by Gasteiger charge is 2.61. The van der Waals surface area contributed by atoms with E-state index in [0.29, 0.717) is 32.1 Å². The van der Waals surface area contributed by atoms with Crippen LogP contribution in [0.15, 0.2) is 0 Å². The quantitative estimate of drug-likeness (QED) is 0.305. The third-order valence-corrected chi connectivity index (χ3v) is 10.4. The Morgan fingerprint density at radius 2 is 1.34 bits per heavy atom. The van der Waals surface area contributed by atoms with Crippen LogP contribution in [-0.4, -0.2) is 93.1 Å². The number of hydrogen-bond acceptors (Lipinski definition) is 12. The van der Waals surface area contributed by atoms with Gasteiger partial charge in [0.25, 0.3) is 0 Å². The maximum absolute atomic E-state index is 13.4. The maximum Gasteiger partial charge on any atom is 0.523 e. The van der Waals surface area contributed by atoms with Crippen LogP contribution in [0.2, 0.25) is 0 Å². The molecule has 0 aromatic carbocycles. The summed E-state index contributed by atoms with van der Waals surface area (Å²) in [6, 6.07) is -2.54. The molecule has 2 spiro atoms. The largest absolute Gasteiger partial charge is 0.523 e. The van der Waals surface area contributed by atoms with E-state index in [0.717, 1.165) is 38.5 Å². The fourth-order valence-corrected chi connectivity index (χ4v) is 7.88. The Hall–Kier alpha value is -0.660. The molecule has 3 saturated heterocycles. The number of rotatable bonds is 4. The summed E-state index contributed by atoms with van der Waals surface area (Å²) in [6.45, 7) is -0.0699. The van der Waals surface area contributed by atoms with Crippen molar-refractivity contribution in [1.82, 2.24) is 0 Å². The van der Waals surface area contributed by atoms with Gasteiger partial charge in [-0.2, -0.15) is 21.6 Å². The Kier molecular flexibility index (Phi) is 8.19. The molecule has 3 saturated carbocycles. The van der Waals surface area contributed by atoms with Gasteiger partial charge < -0.3 is 45.6 Å². The lowest BCUT2D eigenvalue weighted by atomic mass is 9.84. The van der Waals surface area contributed by atoms with E-state index in [1.54, 1.807) is 0 Å². The van der Waals surface area contributed by atoms with Crippen LogP contribution < -0.4 is 17.2 Å². The van der Waals surface area contributed by atoms with Crippen molar-refractivity contribution in [3.63, 3.8) is 0 Å². The van der Waals surface area contributed by atoms with Gasteiger partial charge >= 0.3 is 15.6 Å². The normalized spacial score (nSPS) is 44.4. The molecule has 6 fully saturated rings. The summed E-state index contributed by atoms with van der Waals surface area (Å²) in [6.07, 6.45) is 0.715. The Bertz CT molecular complexity index is 1060. The summed E-state index contributed by atoms with van der Waals surface area (Å²) < 4.78 is 107. The fraction of sp³-hybridized carbons (Fsp3) is 1.00. The molecule has 16 heteroatoms. The van der Waals surface area contributed by atoms with Crippen molar-refractivity contribution in [2.24, 2.45) is 17.2 Å². The second-order valence-corrected chi connectivity index (χ2v) is 13.8. The van der Waals surface area contributed by atoms with E-state index < -0.39 is 88.2 Å². The van der Waals surface area contributed by atoms with Crippen LogP contribution in [0.25, 0.3) is 0 Å². The smallest absolute Gasteiger partial charge is 0.347 e. The second-order valence-electron chi connectivity index (χ2n) is 12.2. The van der Waals surface area contributed by atoms with Crippen molar-refractivity contribution in [2.45, 2.75) is 149 Å². The SMILES string of the molecule is NC1CC(N)C2OC3(CCCCC3)OC2C1OC1OC2COC3(CCCCC3)OC2C(OS(=O)(=O)C(F)(F)F)C1N. The van der Waals surface area contributed by atoms with E-state index >= 15 is 0 Å². The zero-order valence-electron chi connectivity index (χ0n) is 22.7. The molecule has 0 radical (unpaired) electrons. The molecule has 0 amide bonds. The number of nitrogens with two attached hydrogens (primary N) is 3. The maximum atomic E-state index is 13.4.